The lowest BCUT2D eigenvalue weighted by Crippen LogP contribution is -2.03. The van der Waals surface area contributed by atoms with Crippen LogP contribution >= 0.6 is 0 Å². The van der Waals surface area contributed by atoms with Gasteiger partial charge in [-0.1, -0.05) is 109 Å². The van der Waals surface area contributed by atoms with Crippen LogP contribution in [0.25, 0.3) is 44.7 Å². The summed E-state index contributed by atoms with van der Waals surface area (Å²) >= 11 is 0. The molecule has 0 aliphatic carbocycles. The Bertz CT molecular complexity index is 1840. The number of hydrogen-bond donors (Lipinski definition) is 0. The zero-order chi connectivity index (χ0) is 28.9. The summed E-state index contributed by atoms with van der Waals surface area (Å²) in [6.07, 6.45) is 4.84. The van der Waals surface area contributed by atoms with Crippen molar-refractivity contribution in [2.24, 2.45) is 0 Å². The average Bonchev–Trinajstić information content (AvgIpc) is 3.03. The van der Waals surface area contributed by atoms with Crippen molar-refractivity contribution < 1.29 is 0 Å². The first-order valence-electron chi connectivity index (χ1n) is 14.1. The molecule has 0 saturated carbocycles. The average molecular weight is 546 g/mol. The summed E-state index contributed by atoms with van der Waals surface area (Å²) in [7, 11) is 0. The van der Waals surface area contributed by atoms with Gasteiger partial charge in [0.15, 0.2) is 17.5 Å². The molecule has 6 aromatic rings. The van der Waals surface area contributed by atoms with Crippen LogP contribution in [-0.2, 0) is 6.42 Å². The molecule has 4 aromatic carbocycles. The fourth-order valence-corrected chi connectivity index (χ4v) is 5.12. The van der Waals surface area contributed by atoms with Crippen LogP contribution in [0.1, 0.15) is 35.5 Å². The van der Waals surface area contributed by atoms with Gasteiger partial charge < -0.3 is 0 Å². The van der Waals surface area contributed by atoms with Crippen molar-refractivity contribution in [3.8, 4) is 22.8 Å². The highest BCUT2D eigenvalue weighted by molar-refractivity contribution is 5.95. The number of benzene rings is 4. The van der Waals surface area contributed by atoms with Crippen molar-refractivity contribution in [3.05, 3.63) is 150 Å². The molecule has 204 valence electrons. The molecule has 5 heteroatoms. The second-order valence-electron chi connectivity index (χ2n) is 10.3. The van der Waals surface area contributed by atoms with Crippen molar-refractivity contribution in [1.29, 1.82) is 0 Å². The summed E-state index contributed by atoms with van der Waals surface area (Å²) in [5.74, 6) is 2.63. The summed E-state index contributed by atoms with van der Waals surface area (Å²) in [5, 5.41) is 2.41. The maximum atomic E-state index is 5.01. The van der Waals surface area contributed by atoms with Gasteiger partial charge in [0, 0.05) is 34.5 Å². The number of nitrogens with zero attached hydrogens (tertiary/aromatic N) is 5. The molecule has 0 saturated heterocycles. The molecule has 0 bridgehead atoms. The zero-order valence-corrected chi connectivity index (χ0v) is 24.0. The molecule has 0 aliphatic rings. The SMILES string of the molecule is C/C(=C\C(=C/Cc1nc(C)cc(C)n1)c1nc(-c2ccccc2)nc(-c2ccccc2)n1)c1cccc2ccccc12. The summed E-state index contributed by atoms with van der Waals surface area (Å²) < 4.78 is 0. The van der Waals surface area contributed by atoms with Crippen LogP contribution < -0.4 is 0 Å². The first kappa shape index (κ1) is 26.9. The van der Waals surface area contributed by atoms with Crippen LogP contribution in [0.15, 0.2) is 121 Å². The molecule has 0 unspecified atom stereocenters. The number of hydrogen-bond acceptors (Lipinski definition) is 5. The molecule has 6 rings (SSSR count). The molecular weight excluding hydrogens is 514 g/mol. The molecule has 0 aliphatic heterocycles. The fourth-order valence-electron chi connectivity index (χ4n) is 5.12. The lowest BCUT2D eigenvalue weighted by molar-refractivity contribution is 0.931. The monoisotopic (exact) mass is 545 g/mol. The van der Waals surface area contributed by atoms with Gasteiger partial charge in [-0.05, 0) is 54.8 Å². The summed E-state index contributed by atoms with van der Waals surface area (Å²) in [4.78, 5) is 24.3. The van der Waals surface area contributed by atoms with E-state index >= 15 is 0 Å². The standard InChI is InChI=1S/C37H31N5/c1-25(32-20-12-18-28-13-10-11-19-33(28)32)23-31(21-22-34-38-26(2)24-27(3)39-34)37-41-35(29-14-6-4-7-15-29)40-36(42-37)30-16-8-5-9-17-30/h4-21,23-24H,22H2,1-3H3/b25-23+,31-21+. The van der Waals surface area contributed by atoms with E-state index in [0.29, 0.717) is 23.9 Å². The Morgan fingerprint density at radius 2 is 1.19 bits per heavy atom. The molecule has 0 spiro atoms. The van der Waals surface area contributed by atoms with E-state index in [2.05, 4.69) is 71.5 Å². The minimum absolute atomic E-state index is 0.546. The van der Waals surface area contributed by atoms with E-state index in [0.717, 1.165) is 39.5 Å². The van der Waals surface area contributed by atoms with E-state index in [1.807, 2.05) is 80.6 Å². The highest BCUT2D eigenvalue weighted by atomic mass is 15.0. The number of aromatic nitrogens is 5. The van der Waals surface area contributed by atoms with E-state index in [1.165, 1.54) is 16.3 Å². The van der Waals surface area contributed by atoms with Gasteiger partial charge in [0.25, 0.3) is 0 Å². The van der Waals surface area contributed by atoms with E-state index in [1.54, 1.807) is 0 Å². The van der Waals surface area contributed by atoms with Crippen molar-refractivity contribution in [2.75, 3.05) is 0 Å². The summed E-state index contributed by atoms with van der Waals surface area (Å²) in [6.45, 7) is 6.13. The Kier molecular flexibility index (Phi) is 7.73. The number of aryl methyl sites for hydroxylation is 2. The Hall–Kier alpha value is -5.29. The van der Waals surface area contributed by atoms with Crippen molar-refractivity contribution >= 4 is 21.9 Å². The van der Waals surface area contributed by atoms with Crippen molar-refractivity contribution in [3.63, 3.8) is 0 Å². The normalized spacial score (nSPS) is 12.1. The van der Waals surface area contributed by atoms with Gasteiger partial charge >= 0.3 is 0 Å². The maximum Gasteiger partial charge on any atom is 0.164 e. The van der Waals surface area contributed by atoms with Crippen LogP contribution in [0.4, 0.5) is 0 Å². The van der Waals surface area contributed by atoms with Crippen molar-refractivity contribution in [2.45, 2.75) is 27.2 Å². The fraction of sp³-hybridized carbons (Fsp3) is 0.108. The van der Waals surface area contributed by atoms with E-state index < -0.39 is 0 Å². The van der Waals surface area contributed by atoms with Gasteiger partial charge in [-0.2, -0.15) is 0 Å². The van der Waals surface area contributed by atoms with Gasteiger partial charge in [0.1, 0.15) is 5.82 Å². The Morgan fingerprint density at radius 1 is 0.619 bits per heavy atom. The minimum atomic E-state index is 0.546. The third kappa shape index (κ3) is 6.06. The molecule has 42 heavy (non-hydrogen) atoms. The Balaban J connectivity index is 1.54. The van der Waals surface area contributed by atoms with Crippen molar-refractivity contribution in [1.82, 2.24) is 24.9 Å². The van der Waals surface area contributed by atoms with Crippen LogP contribution in [0.5, 0.6) is 0 Å². The smallest absolute Gasteiger partial charge is 0.164 e. The van der Waals surface area contributed by atoms with Gasteiger partial charge in [-0.3, -0.25) is 0 Å². The van der Waals surface area contributed by atoms with Gasteiger partial charge in [0.2, 0.25) is 0 Å². The minimum Gasteiger partial charge on any atom is -0.238 e. The Labute approximate surface area is 246 Å². The number of rotatable bonds is 7. The molecule has 2 heterocycles. The predicted octanol–water partition coefficient (Wildman–Crippen LogP) is 8.50. The molecular formula is C37H31N5. The molecule has 0 atom stereocenters. The lowest BCUT2D eigenvalue weighted by atomic mass is 9.97. The van der Waals surface area contributed by atoms with Crippen LogP contribution in [0.3, 0.4) is 0 Å². The molecule has 0 amide bonds. The molecule has 0 radical (unpaired) electrons. The number of allylic oxidation sites excluding steroid dienone is 4. The first-order valence-corrected chi connectivity index (χ1v) is 14.1. The van der Waals surface area contributed by atoms with Gasteiger partial charge in [-0.25, -0.2) is 24.9 Å². The predicted molar refractivity (Wildman–Crippen MR) is 171 cm³/mol. The van der Waals surface area contributed by atoms with Gasteiger partial charge in [-0.15, -0.1) is 0 Å². The molecule has 0 fully saturated rings. The van der Waals surface area contributed by atoms with Crippen LogP contribution in [0.2, 0.25) is 0 Å². The second kappa shape index (κ2) is 12.1. The van der Waals surface area contributed by atoms with Gasteiger partial charge in [0.05, 0.1) is 0 Å². The Morgan fingerprint density at radius 3 is 1.83 bits per heavy atom. The van der Waals surface area contributed by atoms with E-state index in [4.69, 9.17) is 15.0 Å². The lowest BCUT2D eigenvalue weighted by Gasteiger charge is -2.11. The highest BCUT2D eigenvalue weighted by Gasteiger charge is 2.14. The topological polar surface area (TPSA) is 64.5 Å². The maximum absolute atomic E-state index is 5.01. The summed E-state index contributed by atoms with van der Waals surface area (Å²) in [6, 6.07) is 37.0. The molecule has 2 aromatic heterocycles. The number of fused-ring (bicyclic) bond motifs is 1. The third-order valence-electron chi connectivity index (χ3n) is 7.08. The zero-order valence-electron chi connectivity index (χ0n) is 24.0. The summed E-state index contributed by atoms with van der Waals surface area (Å²) in [5.41, 5.74) is 6.94. The van der Waals surface area contributed by atoms with E-state index in [9.17, 15) is 0 Å². The van der Waals surface area contributed by atoms with Crippen LogP contribution in [-0.4, -0.2) is 24.9 Å². The van der Waals surface area contributed by atoms with Crippen LogP contribution in [0, 0.1) is 13.8 Å². The first-order chi connectivity index (χ1) is 20.5. The molecule has 0 N–H and O–H groups in total. The van der Waals surface area contributed by atoms with E-state index in [-0.39, 0.29) is 0 Å². The highest BCUT2D eigenvalue weighted by Crippen LogP contribution is 2.29. The largest absolute Gasteiger partial charge is 0.238 e. The second-order valence-corrected chi connectivity index (χ2v) is 10.3. The molecule has 5 nitrogen and oxygen atoms in total. The third-order valence-corrected chi connectivity index (χ3v) is 7.08. The quantitative estimate of drug-likeness (QED) is 0.188.